The highest BCUT2D eigenvalue weighted by Crippen LogP contribution is 2.29. The summed E-state index contributed by atoms with van der Waals surface area (Å²) in [6, 6.07) is 8.61. The molecule has 164 valence electrons. The molecule has 4 rings (SSSR count). The van der Waals surface area contributed by atoms with Gasteiger partial charge in [0.1, 0.15) is 0 Å². The normalized spacial score (nSPS) is 18.0. The van der Waals surface area contributed by atoms with Crippen molar-refractivity contribution in [3.05, 3.63) is 53.9 Å². The first-order chi connectivity index (χ1) is 14.9. The molecule has 1 aromatic carbocycles. The van der Waals surface area contributed by atoms with E-state index in [1.54, 1.807) is 30.6 Å². The van der Waals surface area contributed by atoms with Crippen molar-refractivity contribution in [2.24, 2.45) is 5.92 Å². The van der Waals surface area contributed by atoms with Gasteiger partial charge in [-0.2, -0.15) is 4.31 Å². The Kier molecular flexibility index (Phi) is 6.33. The number of hydrogen-bond donors (Lipinski definition) is 2. The Morgan fingerprint density at radius 1 is 1.19 bits per heavy atom. The predicted octanol–water partition coefficient (Wildman–Crippen LogP) is 2.07. The Morgan fingerprint density at radius 3 is 2.74 bits per heavy atom. The molecule has 9 heteroatoms. The molecule has 2 aliphatic heterocycles. The van der Waals surface area contributed by atoms with Crippen LogP contribution in [0.15, 0.2) is 47.6 Å². The Labute approximate surface area is 182 Å². The summed E-state index contributed by atoms with van der Waals surface area (Å²) in [5, 5.41) is 5.74. The van der Waals surface area contributed by atoms with Crippen LogP contribution in [-0.4, -0.2) is 42.6 Å². The summed E-state index contributed by atoms with van der Waals surface area (Å²) in [6.07, 6.45) is 6.16. The van der Waals surface area contributed by atoms with E-state index in [4.69, 9.17) is 0 Å². The van der Waals surface area contributed by atoms with E-state index < -0.39 is 10.0 Å². The summed E-state index contributed by atoms with van der Waals surface area (Å²) in [5.41, 5.74) is 2.46. The van der Waals surface area contributed by atoms with Crippen molar-refractivity contribution >= 4 is 27.5 Å². The standard InChI is InChI=1S/C22H26N4O4S/c27-21-5-1-4-18-13-19(6-7-20(18)25-21)31(29,30)26-11-8-17(9-12-26)22(28)24-15-16-3-2-10-23-14-16/h2-3,6-7,10,13-14,17H,1,4-5,8-9,11-12,15H2,(H,24,28)(H,25,27). The number of carbonyl (C=O) groups is 2. The van der Waals surface area contributed by atoms with Crippen LogP contribution < -0.4 is 10.6 Å². The Morgan fingerprint density at radius 2 is 2.00 bits per heavy atom. The van der Waals surface area contributed by atoms with Crippen LogP contribution in [0.25, 0.3) is 0 Å². The second kappa shape index (κ2) is 9.15. The number of carbonyl (C=O) groups excluding carboxylic acids is 2. The smallest absolute Gasteiger partial charge is 0.243 e. The van der Waals surface area contributed by atoms with Gasteiger partial charge in [0.2, 0.25) is 21.8 Å². The van der Waals surface area contributed by atoms with Crippen LogP contribution in [0, 0.1) is 5.92 Å². The predicted molar refractivity (Wildman–Crippen MR) is 116 cm³/mol. The lowest BCUT2D eigenvalue weighted by atomic mass is 9.97. The van der Waals surface area contributed by atoms with E-state index in [0.29, 0.717) is 57.4 Å². The highest BCUT2D eigenvalue weighted by molar-refractivity contribution is 7.89. The Balaban J connectivity index is 1.37. The number of aryl methyl sites for hydroxylation is 1. The van der Waals surface area contributed by atoms with Crippen LogP contribution in [-0.2, 0) is 32.6 Å². The molecule has 0 saturated carbocycles. The van der Waals surface area contributed by atoms with E-state index in [-0.39, 0.29) is 22.6 Å². The van der Waals surface area contributed by atoms with E-state index in [9.17, 15) is 18.0 Å². The molecule has 1 aromatic heterocycles. The third kappa shape index (κ3) is 4.94. The second-order valence-corrected chi connectivity index (χ2v) is 9.92. The van der Waals surface area contributed by atoms with Gasteiger partial charge in [0.25, 0.3) is 0 Å². The van der Waals surface area contributed by atoms with Crippen LogP contribution in [0.5, 0.6) is 0 Å². The molecule has 8 nitrogen and oxygen atoms in total. The number of nitrogens with one attached hydrogen (secondary N) is 2. The fraction of sp³-hybridized carbons (Fsp3) is 0.409. The third-order valence-corrected chi connectivity index (χ3v) is 7.75. The average Bonchev–Trinajstić information content (AvgIpc) is 2.98. The van der Waals surface area contributed by atoms with Gasteiger partial charge < -0.3 is 10.6 Å². The van der Waals surface area contributed by atoms with Crippen molar-refractivity contribution in [2.75, 3.05) is 18.4 Å². The lowest BCUT2D eigenvalue weighted by Crippen LogP contribution is -2.42. The van der Waals surface area contributed by atoms with Gasteiger partial charge in [-0.1, -0.05) is 6.07 Å². The van der Waals surface area contributed by atoms with E-state index >= 15 is 0 Å². The van der Waals surface area contributed by atoms with Crippen molar-refractivity contribution in [1.82, 2.24) is 14.6 Å². The zero-order chi connectivity index (χ0) is 21.8. The van der Waals surface area contributed by atoms with Crippen molar-refractivity contribution in [2.45, 2.75) is 43.5 Å². The maximum atomic E-state index is 13.1. The SMILES string of the molecule is O=C1CCCc2cc(S(=O)(=O)N3CCC(C(=O)NCc4cccnc4)CC3)ccc2N1. The third-order valence-electron chi connectivity index (χ3n) is 5.85. The van der Waals surface area contributed by atoms with Crippen LogP contribution in [0.3, 0.4) is 0 Å². The van der Waals surface area contributed by atoms with Gasteiger partial charge in [-0.05, 0) is 61.1 Å². The van der Waals surface area contributed by atoms with Gasteiger partial charge >= 0.3 is 0 Å². The quantitative estimate of drug-likeness (QED) is 0.737. The minimum atomic E-state index is -3.64. The number of sulfonamides is 1. The van der Waals surface area contributed by atoms with E-state index in [1.165, 1.54) is 4.31 Å². The van der Waals surface area contributed by atoms with Crippen molar-refractivity contribution in [3.63, 3.8) is 0 Å². The summed E-state index contributed by atoms with van der Waals surface area (Å²) in [5.74, 6) is -0.301. The minimum absolute atomic E-state index is 0.0433. The Hall–Kier alpha value is -2.78. The maximum Gasteiger partial charge on any atom is 0.243 e. The first-order valence-electron chi connectivity index (χ1n) is 10.5. The zero-order valence-corrected chi connectivity index (χ0v) is 18.0. The molecule has 2 N–H and O–H groups in total. The van der Waals surface area contributed by atoms with Gasteiger partial charge in [0.05, 0.1) is 4.90 Å². The fourth-order valence-electron chi connectivity index (χ4n) is 4.06. The number of rotatable bonds is 5. The highest BCUT2D eigenvalue weighted by atomic mass is 32.2. The topological polar surface area (TPSA) is 108 Å². The molecule has 0 aliphatic carbocycles. The van der Waals surface area contributed by atoms with Crippen LogP contribution in [0.1, 0.15) is 36.8 Å². The van der Waals surface area contributed by atoms with Crippen molar-refractivity contribution in [1.29, 1.82) is 0 Å². The molecule has 0 atom stereocenters. The molecule has 3 heterocycles. The minimum Gasteiger partial charge on any atom is -0.352 e. The molecular formula is C22H26N4O4S. The number of piperidine rings is 1. The lowest BCUT2D eigenvalue weighted by molar-refractivity contribution is -0.126. The monoisotopic (exact) mass is 442 g/mol. The van der Waals surface area contributed by atoms with Crippen molar-refractivity contribution < 1.29 is 18.0 Å². The number of anilines is 1. The molecule has 2 aromatic rings. The number of amides is 2. The molecule has 0 unspecified atom stereocenters. The molecule has 0 bridgehead atoms. The lowest BCUT2D eigenvalue weighted by Gasteiger charge is -2.30. The molecule has 0 radical (unpaired) electrons. The van der Waals surface area contributed by atoms with E-state index in [1.807, 2.05) is 12.1 Å². The average molecular weight is 443 g/mol. The second-order valence-electron chi connectivity index (χ2n) is 7.98. The molecule has 2 amide bonds. The fourth-order valence-corrected chi connectivity index (χ4v) is 5.58. The highest BCUT2D eigenvalue weighted by Gasteiger charge is 2.32. The van der Waals surface area contributed by atoms with Crippen LogP contribution in [0.4, 0.5) is 5.69 Å². The molecule has 2 aliphatic rings. The summed E-state index contributed by atoms with van der Waals surface area (Å²) < 4.78 is 27.7. The Bertz CT molecular complexity index is 1060. The molecule has 0 spiro atoms. The number of pyridine rings is 1. The molecule has 1 saturated heterocycles. The van der Waals surface area contributed by atoms with Gasteiger partial charge in [-0.3, -0.25) is 14.6 Å². The number of benzene rings is 1. The van der Waals surface area contributed by atoms with Crippen LogP contribution in [0.2, 0.25) is 0 Å². The molecule has 1 fully saturated rings. The summed E-state index contributed by atoms with van der Waals surface area (Å²) >= 11 is 0. The first-order valence-corrected chi connectivity index (χ1v) is 12.0. The zero-order valence-electron chi connectivity index (χ0n) is 17.2. The first kappa shape index (κ1) is 21.5. The van der Waals surface area contributed by atoms with Crippen LogP contribution >= 0.6 is 0 Å². The molecule has 31 heavy (non-hydrogen) atoms. The molecular weight excluding hydrogens is 416 g/mol. The van der Waals surface area contributed by atoms with E-state index in [2.05, 4.69) is 15.6 Å². The van der Waals surface area contributed by atoms with Gasteiger partial charge in [0, 0.05) is 50.1 Å². The van der Waals surface area contributed by atoms with Gasteiger partial charge in [-0.15, -0.1) is 0 Å². The van der Waals surface area contributed by atoms with E-state index in [0.717, 1.165) is 11.1 Å². The number of hydrogen-bond acceptors (Lipinski definition) is 5. The van der Waals surface area contributed by atoms with Crippen molar-refractivity contribution in [3.8, 4) is 0 Å². The summed E-state index contributed by atoms with van der Waals surface area (Å²) in [6.45, 7) is 1.03. The maximum absolute atomic E-state index is 13.1. The van der Waals surface area contributed by atoms with Gasteiger partial charge in [-0.25, -0.2) is 8.42 Å². The number of aromatic nitrogens is 1. The number of nitrogens with zero attached hydrogens (tertiary/aromatic N) is 2. The largest absolute Gasteiger partial charge is 0.352 e. The summed E-state index contributed by atoms with van der Waals surface area (Å²) in [7, 11) is -3.64. The van der Waals surface area contributed by atoms with Gasteiger partial charge in [0.15, 0.2) is 0 Å². The summed E-state index contributed by atoms with van der Waals surface area (Å²) in [4.78, 5) is 28.5. The number of fused-ring (bicyclic) bond motifs is 1.